The lowest BCUT2D eigenvalue weighted by atomic mass is 10.0. The summed E-state index contributed by atoms with van der Waals surface area (Å²) in [7, 11) is -4.24. The van der Waals surface area contributed by atoms with Crippen LogP contribution in [-0.4, -0.2) is 47.2 Å². The highest BCUT2D eigenvalue weighted by Crippen LogP contribution is 2.29. The summed E-state index contributed by atoms with van der Waals surface area (Å²) in [5.74, 6) is -3.92. The molecule has 0 aliphatic heterocycles. The van der Waals surface area contributed by atoms with Gasteiger partial charge >= 0.3 is 11.9 Å². The molecule has 1 amide bonds. The third-order valence-corrected chi connectivity index (χ3v) is 9.36. The number of carboxylic acid groups (broad SMARTS) is 2. The van der Waals surface area contributed by atoms with E-state index in [-0.39, 0.29) is 34.4 Å². The van der Waals surface area contributed by atoms with Gasteiger partial charge in [0.25, 0.3) is 0 Å². The second-order valence-corrected chi connectivity index (χ2v) is 12.7. The highest BCUT2D eigenvalue weighted by Gasteiger charge is 2.31. The quantitative estimate of drug-likeness (QED) is 0.194. The zero-order chi connectivity index (χ0) is 31.4. The molecule has 224 valence electrons. The van der Waals surface area contributed by atoms with Crippen LogP contribution < -0.4 is 5.32 Å². The molecule has 3 N–H and O–H groups in total. The van der Waals surface area contributed by atoms with Gasteiger partial charge in [-0.3, -0.25) is 4.79 Å². The first-order valence-electron chi connectivity index (χ1n) is 13.7. The standard InChI is InChI=1S/C33H27ClN2O7S/c34-23-14-12-21-13-16-24(35-28(21)18-23)15-11-20-5-3-6-22(17-20)29(36-31(37)25-8-4-9-26(25)32(38)39)19-44(42,43)30-10-2-1-7-27(30)33(40)41/h1-3,5-7,10-18,29H,4,8-9,19H2,(H,36,37)(H,38,39)(H,40,41)/b15-11+. The van der Waals surface area contributed by atoms with E-state index in [1.807, 2.05) is 18.2 Å². The first-order valence-corrected chi connectivity index (χ1v) is 15.7. The van der Waals surface area contributed by atoms with E-state index >= 15 is 0 Å². The number of carbonyl (C=O) groups is 3. The van der Waals surface area contributed by atoms with Crippen LogP contribution in [0.2, 0.25) is 5.02 Å². The van der Waals surface area contributed by atoms with Crippen LogP contribution in [0, 0.1) is 0 Å². The molecule has 5 rings (SSSR count). The summed E-state index contributed by atoms with van der Waals surface area (Å²) in [5, 5.41) is 23.4. The number of halogens is 1. The van der Waals surface area contributed by atoms with Crippen molar-refractivity contribution >= 4 is 62.3 Å². The van der Waals surface area contributed by atoms with Crippen LogP contribution in [0.4, 0.5) is 0 Å². The largest absolute Gasteiger partial charge is 0.478 e. The molecular formula is C33H27ClN2O7S. The smallest absolute Gasteiger partial charge is 0.337 e. The molecule has 0 bridgehead atoms. The first-order chi connectivity index (χ1) is 21.0. The van der Waals surface area contributed by atoms with Crippen LogP contribution >= 0.6 is 11.6 Å². The van der Waals surface area contributed by atoms with Crippen LogP contribution in [0.3, 0.4) is 0 Å². The summed E-state index contributed by atoms with van der Waals surface area (Å²) in [6, 6.07) is 20.2. The number of hydrogen-bond donors (Lipinski definition) is 3. The second kappa shape index (κ2) is 12.8. The molecule has 0 radical (unpaired) electrons. The zero-order valence-electron chi connectivity index (χ0n) is 23.2. The Bertz CT molecular complexity index is 1970. The Balaban J connectivity index is 1.49. The number of aliphatic carboxylic acids is 1. The Morgan fingerprint density at radius 2 is 1.64 bits per heavy atom. The molecule has 44 heavy (non-hydrogen) atoms. The van der Waals surface area contributed by atoms with E-state index in [1.54, 1.807) is 48.6 Å². The number of hydrogen-bond acceptors (Lipinski definition) is 6. The number of sulfone groups is 1. The third-order valence-electron chi connectivity index (χ3n) is 7.33. The number of fused-ring (bicyclic) bond motifs is 1. The van der Waals surface area contributed by atoms with Crippen LogP contribution in [-0.2, 0) is 19.4 Å². The maximum absolute atomic E-state index is 13.6. The van der Waals surface area contributed by atoms with Gasteiger partial charge in [-0.2, -0.15) is 0 Å². The Kier molecular flexibility index (Phi) is 8.93. The van der Waals surface area contributed by atoms with Gasteiger partial charge in [0, 0.05) is 21.6 Å². The fourth-order valence-corrected chi connectivity index (χ4v) is 7.02. The Labute approximate surface area is 258 Å². The number of benzene rings is 3. The number of pyridine rings is 1. The van der Waals surface area contributed by atoms with Crippen molar-refractivity contribution in [1.29, 1.82) is 0 Å². The van der Waals surface area contributed by atoms with Crippen molar-refractivity contribution in [3.05, 3.63) is 117 Å². The van der Waals surface area contributed by atoms with Crippen LogP contribution in [0.5, 0.6) is 0 Å². The number of carboxylic acids is 2. The van der Waals surface area contributed by atoms with Crippen molar-refractivity contribution in [3.63, 3.8) is 0 Å². The summed E-state index contributed by atoms with van der Waals surface area (Å²) in [5.41, 5.74) is 2.23. The predicted molar refractivity (Wildman–Crippen MR) is 167 cm³/mol. The van der Waals surface area contributed by atoms with Gasteiger partial charge in [-0.15, -0.1) is 0 Å². The molecule has 1 atom stereocenters. The van der Waals surface area contributed by atoms with Gasteiger partial charge in [0.15, 0.2) is 9.84 Å². The SMILES string of the molecule is O=C(O)C1=C(C(=O)NC(CS(=O)(=O)c2ccccc2C(=O)O)c2cccc(/C=C/c3ccc4ccc(Cl)cc4n3)c2)CCC1. The van der Waals surface area contributed by atoms with Crippen LogP contribution in [0.1, 0.15) is 52.5 Å². The van der Waals surface area contributed by atoms with Gasteiger partial charge in [0.2, 0.25) is 5.91 Å². The lowest BCUT2D eigenvalue weighted by Crippen LogP contribution is -2.34. The Morgan fingerprint density at radius 1 is 0.886 bits per heavy atom. The van der Waals surface area contributed by atoms with Gasteiger partial charge in [-0.05, 0) is 72.9 Å². The van der Waals surface area contributed by atoms with E-state index in [4.69, 9.17) is 11.6 Å². The van der Waals surface area contributed by atoms with Crippen molar-refractivity contribution in [2.45, 2.75) is 30.2 Å². The van der Waals surface area contributed by atoms with Crippen LogP contribution in [0.25, 0.3) is 23.1 Å². The number of nitrogens with one attached hydrogen (secondary N) is 1. The lowest BCUT2D eigenvalue weighted by molar-refractivity contribution is -0.133. The summed E-state index contributed by atoms with van der Waals surface area (Å²) >= 11 is 6.11. The number of rotatable bonds is 10. The van der Waals surface area contributed by atoms with E-state index in [2.05, 4.69) is 10.3 Å². The molecular weight excluding hydrogens is 604 g/mol. The lowest BCUT2D eigenvalue weighted by Gasteiger charge is -2.21. The van der Waals surface area contributed by atoms with E-state index in [1.165, 1.54) is 24.3 Å². The van der Waals surface area contributed by atoms with Gasteiger partial charge in [-0.25, -0.2) is 23.0 Å². The normalized spacial score (nSPS) is 14.2. The number of amides is 1. The number of carbonyl (C=O) groups excluding carboxylic acids is 1. The topological polar surface area (TPSA) is 151 Å². The third kappa shape index (κ3) is 6.88. The molecule has 1 unspecified atom stereocenters. The zero-order valence-corrected chi connectivity index (χ0v) is 24.8. The van der Waals surface area contributed by atoms with E-state index in [9.17, 15) is 33.0 Å². The Hall–Kier alpha value is -4.80. The predicted octanol–water partition coefficient (Wildman–Crippen LogP) is 5.95. The molecule has 3 aromatic carbocycles. The average molecular weight is 631 g/mol. The molecule has 1 aromatic heterocycles. The molecule has 0 saturated carbocycles. The molecule has 1 aliphatic rings. The highest BCUT2D eigenvalue weighted by molar-refractivity contribution is 7.91. The van der Waals surface area contributed by atoms with E-state index in [0.29, 0.717) is 28.3 Å². The minimum Gasteiger partial charge on any atom is -0.478 e. The van der Waals surface area contributed by atoms with Crippen molar-refractivity contribution in [2.24, 2.45) is 0 Å². The summed E-state index contributed by atoms with van der Waals surface area (Å²) in [6.07, 6.45) is 4.56. The Morgan fingerprint density at radius 3 is 2.41 bits per heavy atom. The van der Waals surface area contributed by atoms with Crippen molar-refractivity contribution < 1.29 is 33.0 Å². The van der Waals surface area contributed by atoms with Crippen molar-refractivity contribution in [1.82, 2.24) is 10.3 Å². The molecule has 11 heteroatoms. The molecule has 1 aliphatic carbocycles. The van der Waals surface area contributed by atoms with Gasteiger partial charge in [0.1, 0.15) is 0 Å². The summed E-state index contributed by atoms with van der Waals surface area (Å²) < 4.78 is 27.2. The number of aromatic nitrogens is 1. The first kappa shape index (κ1) is 30.7. The van der Waals surface area contributed by atoms with Crippen molar-refractivity contribution in [3.8, 4) is 0 Å². The minimum atomic E-state index is -4.24. The summed E-state index contributed by atoms with van der Waals surface area (Å²) in [4.78, 5) is 41.0. The fourth-order valence-electron chi connectivity index (χ4n) is 5.18. The van der Waals surface area contributed by atoms with Gasteiger partial charge < -0.3 is 15.5 Å². The molecule has 0 saturated heterocycles. The van der Waals surface area contributed by atoms with Gasteiger partial charge in [-0.1, -0.05) is 60.1 Å². The maximum Gasteiger partial charge on any atom is 0.337 e. The molecule has 4 aromatic rings. The fraction of sp³-hybridized carbons (Fsp3) is 0.152. The number of nitrogens with zero attached hydrogens (tertiary/aromatic N) is 1. The average Bonchev–Trinajstić information content (AvgIpc) is 3.50. The maximum atomic E-state index is 13.6. The second-order valence-electron chi connectivity index (χ2n) is 10.3. The molecule has 9 nitrogen and oxygen atoms in total. The highest BCUT2D eigenvalue weighted by atomic mass is 35.5. The van der Waals surface area contributed by atoms with Crippen LogP contribution in [0.15, 0.2) is 94.9 Å². The van der Waals surface area contributed by atoms with Crippen molar-refractivity contribution in [2.75, 3.05) is 5.75 Å². The van der Waals surface area contributed by atoms with E-state index < -0.39 is 39.5 Å². The monoisotopic (exact) mass is 630 g/mol. The summed E-state index contributed by atoms with van der Waals surface area (Å²) in [6.45, 7) is 0. The molecule has 0 spiro atoms. The van der Waals surface area contributed by atoms with E-state index in [0.717, 1.165) is 10.9 Å². The minimum absolute atomic E-state index is 0.00110. The molecule has 0 fully saturated rings. The van der Waals surface area contributed by atoms with Gasteiger partial charge in [0.05, 0.1) is 33.5 Å². The molecule has 1 heterocycles. The number of aromatic carboxylic acids is 1.